The van der Waals surface area contributed by atoms with Crippen molar-refractivity contribution in [2.75, 3.05) is 0 Å². The smallest absolute Gasteiger partial charge is 0.170 e. The highest BCUT2D eigenvalue weighted by molar-refractivity contribution is 7.80. The summed E-state index contributed by atoms with van der Waals surface area (Å²) in [6.45, 7) is 4.43. The van der Waals surface area contributed by atoms with Crippen LogP contribution in [0.2, 0.25) is 0 Å². The number of pyridine rings is 1. The molecule has 25 heavy (non-hydrogen) atoms. The summed E-state index contributed by atoms with van der Waals surface area (Å²) in [5.74, 6) is 0. The van der Waals surface area contributed by atoms with Crippen LogP contribution < -0.4 is 5.32 Å². The van der Waals surface area contributed by atoms with Crippen LogP contribution >= 0.6 is 12.2 Å². The zero-order valence-corrected chi connectivity index (χ0v) is 15.7. The second-order valence-electron chi connectivity index (χ2n) is 7.46. The van der Waals surface area contributed by atoms with Gasteiger partial charge in [-0.1, -0.05) is 18.9 Å². The van der Waals surface area contributed by atoms with Gasteiger partial charge >= 0.3 is 0 Å². The maximum absolute atomic E-state index is 5.77. The minimum Gasteiger partial charge on any atom is -0.352 e. The van der Waals surface area contributed by atoms with Crippen LogP contribution in [0.25, 0.3) is 0 Å². The van der Waals surface area contributed by atoms with Crippen molar-refractivity contribution in [2.45, 2.75) is 63.7 Å². The predicted octanol–water partition coefficient (Wildman–Crippen LogP) is 4.38. The summed E-state index contributed by atoms with van der Waals surface area (Å²) in [6.07, 6.45) is 11.4. The van der Waals surface area contributed by atoms with E-state index in [9.17, 15) is 0 Å². The van der Waals surface area contributed by atoms with Crippen molar-refractivity contribution in [2.24, 2.45) is 0 Å². The van der Waals surface area contributed by atoms with Crippen molar-refractivity contribution in [1.29, 1.82) is 0 Å². The minimum absolute atomic E-state index is 0.109. The van der Waals surface area contributed by atoms with Crippen molar-refractivity contribution >= 4 is 17.3 Å². The number of nitrogens with one attached hydrogen (secondary N) is 1. The van der Waals surface area contributed by atoms with Gasteiger partial charge in [-0.2, -0.15) is 0 Å². The van der Waals surface area contributed by atoms with E-state index in [0.29, 0.717) is 12.1 Å². The first kappa shape index (κ1) is 16.6. The van der Waals surface area contributed by atoms with E-state index in [1.54, 1.807) is 0 Å². The minimum atomic E-state index is 0.109. The summed E-state index contributed by atoms with van der Waals surface area (Å²) >= 11 is 5.77. The van der Waals surface area contributed by atoms with E-state index in [-0.39, 0.29) is 12.1 Å². The van der Waals surface area contributed by atoms with Crippen molar-refractivity contribution < 1.29 is 0 Å². The lowest BCUT2D eigenvalue weighted by atomic mass is 9.97. The third-order valence-electron chi connectivity index (χ3n) is 5.53. The molecule has 1 saturated heterocycles. The molecule has 1 aliphatic heterocycles. The van der Waals surface area contributed by atoms with Gasteiger partial charge in [-0.05, 0) is 62.7 Å². The summed E-state index contributed by atoms with van der Waals surface area (Å²) in [4.78, 5) is 7.08. The van der Waals surface area contributed by atoms with Gasteiger partial charge in [0.2, 0.25) is 0 Å². The topological polar surface area (TPSA) is 33.1 Å². The summed E-state index contributed by atoms with van der Waals surface area (Å²) in [6, 6.07) is 9.70. The Hall–Kier alpha value is -1.88. The van der Waals surface area contributed by atoms with Gasteiger partial charge in [-0.15, -0.1) is 0 Å². The van der Waals surface area contributed by atoms with E-state index in [4.69, 9.17) is 12.2 Å². The number of hydrogen-bond donors (Lipinski definition) is 1. The molecule has 2 aliphatic rings. The number of aromatic nitrogens is 2. The zero-order chi connectivity index (χ0) is 17.4. The monoisotopic (exact) mass is 354 g/mol. The molecule has 0 aromatic carbocycles. The van der Waals surface area contributed by atoms with Gasteiger partial charge < -0.3 is 14.8 Å². The average Bonchev–Trinajstić information content (AvgIpc) is 3.34. The molecule has 4 rings (SSSR count). The number of thiocarbonyl (C=S) groups is 1. The Labute approximate surface area is 155 Å². The Bertz CT molecular complexity index is 733. The quantitative estimate of drug-likeness (QED) is 0.826. The fraction of sp³-hybridized carbons (Fsp3) is 0.500. The summed E-state index contributed by atoms with van der Waals surface area (Å²) in [5.41, 5.74) is 2.39. The molecule has 1 aliphatic carbocycles. The summed E-state index contributed by atoms with van der Waals surface area (Å²) in [7, 11) is 0. The second-order valence-corrected chi connectivity index (χ2v) is 7.84. The van der Waals surface area contributed by atoms with E-state index in [0.717, 1.165) is 10.8 Å². The molecule has 0 spiro atoms. The van der Waals surface area contributed by atoms with Crippen molar-refractivity contribution in [3.8, 4) is 0 Å². The molecule has 2 aromatic rings. The van der Waals surface area contributed by atoms with E-state index >= 15 is 0 Å². The van der Waals surface area contributed by atoms with E-state index < -0.39 is 0 Å². The molecule has 1 N–H and O–H groups in total. The summed E-state index contributed by atoms with van der Waals surface area (Å²) < 4.78 is 2.28. The Kier molecular flexibility index (Phi) is 4.50. The standard InChI is InChI=1S/C20H26N4S/c1-14(2)23-12-10-15(13-23)19-18(17-9-5-6-11-21-17)22-20(25)24(19)16-7-3-4-8-16/h5-6,9-14,16,18-19H,3-4,7-8H2,1-2H3,(H,22,25)/t18-,19+/m0/s1. The summed E-state index contributed by atoms with van der Waals surface area (Å²) in [5, 5.41) is 4.45. The van der Waals surface area contributed by atoms with Gasteiger partial charge in [0.1, 0.15) is 0 Å². The van der Waals surface area contributed by atoms with Gasteiger partial charge in [-0.25, -0.2) is 0 Å². The molecule has 3 heterocycles. The highest BCUT2D eigenvalue weighted by Gasteiger charge is 2.43. The molecule has 0 radical (unpaired) electrons. The highest BCUT2D eigenvalue weighted by atomic mass is 32.1. The third kappa shape index (κ3) is 3.06. The lowest BCUT2D eigenvalue weighted by molar-refractivity contribution is 0.245. The van der Waals surface area contributed by atoms with Gasteiger partial charge in [0, 0.05) is 30.7 Å². The number of hydrogen-bond acceptors (Lipinski definition) is 2. The SMILES string of the molecule is CC(C)n1ccc([C@@H]2[C@H](c3ccccn3)NC(=S)N2C2CCCC2)c1. The van der Waals surface area contributed by atoms with Crippen LogP contribution in [-0.2, 0) is 0 Å². The Morgan fingerprint density at radius 2 is 2.00 bits per heavy atom. The Morgan fingerprint density at radius 3 is 2.64 bits per heavy atom. The first-order valence-electron chi connectivity index (χ1n) is 9.32. The Morgan fingerprint density at radius 1 is 1.20 bits per heavy atom. The number of nitrogens with zero attached hydrogens (tertiary/aromatic N) is 3. The third-order valence-corrected chi connectivity index (χ3v) is 5.86. The fourth-order valence-electron chi connectivity index (χ4n) is 4.22. The van der Waals surface area contributed by atoms with Gasteiger partial charge in [0.15, 0.2) is 5.11 Å². The maximum atomic E-state index is 5.77. The van der Waals surface area contributed by atoms with Gasteiger partial charge in [-0.3, -0.25) is 4.98 Å². The average molecular weight is 355 g/mol. The van der Waals surface area contributed by atoms with Gasteiger partial charge in [0.25, 0.3) is 0 Å². The van der Waals surface area contributed by atoms with Crippen LogP contribution in [-0.4, -0.2) is 25.6 Å². The van der Waals surface area contributed by atoms with Crippen molar-refractivity contribution in [3.05, 3.63) is 54.1 Å². The van der Waals surface area contributed by atoms with Crippen molar-refractivity contribution in [3.63, 3.8) is 0 Å². The largest absolute Gasteiger partial charge is 0.352 e. The maximum Gasteiger partial charge on any atom is 0.170 e. The predicted molar refractivity (Wildman–Crippen MR) is 104 cm³/mol. The van der Waals surface area contributed by atoms with E-state index in [2.05, 4.69) is 64.2 Å². The van der Waals surface area contributed by atoms with Crippen LogP contribution in [0.3, 0.4) is 0 Å². The lowest BCUT2D eigenvalue weighted by Crippen LogP contribution is -2.37. The molecule has 5 heteroatoms. The zero-order valence-electron chi connectivity index (χ0n) is 14.9. The Balaban J connectivity index is 1.74. The lowest BCUT2D eigenvalue weighted by Gasteiger charge is -2.32. The molecule has 4 nitrogen and oxygen atoms in total. The molecule has 1 saturated carbocycles. The first-order chi connectivity index (χ1) is 12.1. The van der Waals surface area contributed by atoms with E-state index in [1.165, 1.54) is 31.2 Å². The molecular formula is C20H26N4S. The highest BCUT2D eigenvalue weighted by Crippen LogP contribution is 2.42. The second kappa shape index (κ2) is 6.79. The molecule has 0 bridgehead atoms. The molecule has 2 aromatic heterocycles. The molecule has 132 valence electrons. The molecule has 0 unspecified atom stereocenters. The number of rotatable bonds is 4. The van der Waals surface area contributed by atoms with E-state index in [1.807, 2.05) is 12.3 Å². The first-order valence-corrected chi connectivity index (χ1v) is 9.73. The van der Waals surface area contributed by atoms with Crippen LogP contribution in [0, 0.1) is 0 Å². The molecule has 2 fully saturated rings. The molecule has 0 amide bonds. The van der Waals surface area contributed by atoms with Crippen LogP contribution in [0.1, 0.15) is 68.9 Å². The van der Waals surface area contributed by atoms with Crippen LogP contribution in [0.4, 0.5) is 0 Å². The van der Waals surface area contributed by atoms with Gasteiger partial charge in [0.05, 0.1) is 17.8 Å². The molecule has 2 atom stereocenters. The normalized spacial score (nSPS) is 24.3. The van der Waals surface area contributed by atoms with Crippen molar-refractivity contribution in [1.82, 2.24) is 19.8 Å². The van der Waals surface area contributed by atoms with Crippen LogP contribution in [0.15, 0.2) is 42.9 Å². The fourth-order valence-corrected chi connectivity index (χ4v) is 4.61. The molecular weight excluding hydrogens is 328 g/mol. The van der Waals surface area contributed by atoms with Crippen LogP contribution in [0.5, 0.6) is 0 Å².